The third-order valence-corrected chi connectivity index (χ3v) is 7.59. The summed E-state index contributed by atoms with van der Waals surface area (Å²) in [5, 5.41) is 17.8. The first-order valence-electron chi connectivity index (χ1n) is 11.6. The molecule has 0 spiro atoms. The molecule has 1 heterocycles. The summed E-state index contributed by atoms with van der Waals surface area (Å²) in [5.41, 5.74) is 2.80. The molecular weight excluding hydrogens is 541 g/mol. The Morgan fingerprint density at radius 2 is 1.74 bits per heavy atom. The van der Waals surface area contributed by atoms with Crippen LogP contribution >= 0.6 is 35.0 Å². The van der Waals surface area contributed by atoms with Crippen LogP contribution in [0.15, 0.2) is 94.7 Å². The van der Waals surface area contributed by atoms with E-state index in [4.69, 9.17) is 27.9 Å². The highest BCUT2D eigenvalue weighted by Gasteiger charge is 2.36. The van der Waals surface area contributed by atoms with Crippen LogP contribution < -0.4 is 15.4 Å². The number of thioether (sulfide) groups is 1. The van der Waals surface area contributed by atoms with E-state index in [-0.39, 0.29) is 11.5 Å². The number of allylic oxidation sites excluding steroid dienone is 2. The van der Waals surface area contributed by atoms with E-state index < -0.39 is 11.8 Å². The Morgan fingerprint density at radius 3 is 2.42 bits per heavy atom. The zero-order valence-electron chi connectivity index (χ0n) is 20.5. The van der Waals surface area contributed by atoms with Gasteiger partial charge in [-0.15, -0.1) is 0 Å². The molecule has 38 heavy (non-hydrogen) atoms. The first-order valence-corrected chi connectivity index (χ1v) is 13.3. The van der Waals surface area contributed by atoms with Gasteiger partial charge in [-0.3, -0.25) is 9.59 Å². The minimum atomic E-state index is -0.752. The van der Waals surface area contributed by atoms with Crippen molar-refractivity contribution in [2.75, 3.05) is 18.2 Å². The van der Waals surface area contributed by atoms with E-state index >= 15 is 0 Å². The Hall–Kier alpha value is -3.70. The topological polar surface area (TPSA) is 91.2 Å². The smallest absolute Gasteiger partial charge is 0.254 e. The number of anilines is 1. The van der Waals surface area contributed by atoms with E-state index in [0.717, 1.165) is 0 Å². The van der Waals surface area contributed by atoms with E-state index in [1.54, 1.807) is 79.7 Å². The lowest BCUT2D eigenvalue weighted by molar-refractivity contribution is -0.113. The molecule has 3 aromatic carbocycles. The predicted molar refractivity (Wildman–Crippen MR) is 153 cm³/mol. The molecule has 3 aromatic rings. The molecule has 0 radical (unpaired) electrons. The molecule has 0 aromatic heterocycles. The van der Waals surface area contributed by atoms with Gasteiger partial charge in [-0.1, -0.05) is 65.3 Å². The summed E-state index contributed by atoms with van der Waals surface area (Å²) in [7, 11) is 1.52. The fourth-order valence-electron chi connectivity index (χ4n) is 4.14. The molecule has 4 rings (SSSR count). The van der Waals surface area contributed by atoms with Crippen molar-refractivity contribution in [1.29, 1.82) is 5.26 Å². The Balaban J connectivity index is 1.70. The van der Waals surface area contributed by atoms with Crippen LogP contribution in [-0.2, 0) is 4.79 Å². The van der Waals surface area contributed by atoms with Gasteiger partial charge in [0.25, 0.3) is 5.91 Å². The molecule has 0 saturated heterocycles. The zero-order chi connectivity index (χ0) is 27.2. The number of benzene rings is 3. The summed E-state index contributed by atoms with van der Waals surface area (Å²) in [6.45, 7) is 1.76. The number of rotatable bonds is 8. The van der Waals surface area contributed by atoms with Gasteiger partial charge >= 0.3 is 0 Å². The maximum absolute atomic E-state index is 13.7. The summed E-state index contributed by atoms with van der Waals surface area (Å²) < 4.78 is 5.38. The van der Waals surface area contributed by atoms with Gasteiger partial charge < -0.3 is 15.4 Å². The lowest BCUT2D eigenvalue weighted by atomic mass is 9.82. The third-order valence-electron chi connectivity index (χ3n) is 5.98. The number of nitriles is 1. The second-order valence-electron chi connectivity index (χ2n) is 8.35. The van der Waals surface area contributed by atoms with Crippen LogP contribution in [0, 0.1) is 11.3 Å². The molecule has 0 bridgehead atoms. The number of ether oxygens (including phenoxy) is 1. The van der Waals surface area contributed by atoms with Crippen LogP contribution in [-0.4, -0.2) is 24.6 Å². The molecule has 9 heteroatoms. The molecule has 0 saturated carbocycles. The van der Waals surface area contributed by atoms with Gasteiger partial charge in [0.05, 0.1) is 41.1 Å². The van der Waals surface area contributed by atoms with Gasteiger partial charge in [0.2, 0.25) is 0 Å². The molecule has 6 nitrogen and oxygen atoms in total. The van der Waals surface area contributed by atoms with Crippen molar-refractivity contribution in [3.8, 4) is 11.8 Å². The van der Waals surface area contributed by atoms with Crippen molar-refractivity contribution < 1.29 is 14.3 Å². The monoisotopic (exact) mass is 563 g/mol. The number of carbonyl (C=O) groups excluding carboxylic acids is 2. The van der Waals surface area contributed by atoms with Crippen molar-refractivity contribution in [2.45, 2.75) is 12.8 Å². The first kappa shape index (κ1) is 27.3. The number of hydrogen-bond donors (Lipinski definition) is 2. The molecule has 1 aliphatic heterocycles. The van der Waals surface area contributed by atoms with Gasteiger partial charge in [-0.25, -0.2) is 0 Å². The average molecular weight is 564 g/mol. The third kappa shape index (κ3) is 5.89. The van der Waals surface area contributed by atoms with Gasteiger partial charge in [0.1, 0.15) is 5.75 Å². The minimum Gasteiger partial charge on any atom is -0.495 e. The van der Waals surface area contributed by atoms with Gasteiger partial charge in [-0.05, 0) is 55.0 Å². The predicted octanol–water partition coefficient (Wildman–Crippen LogP) is 6.95. The largest absolute Gasteiger partial charge is 0.495 e. The van der Waals surface area contributed by atoms with Crippen LogP contribution in [0.4, 0.5) is 5.69 Å². The van der Waals surface area contributed by atoms with Gasteiger partial charge in [-0.2, -0.15) is 5.26 Å². The first-order chi connectivity index (χ1) is 18.3. The quantitative estimate of drug-likeness (QED) is 0.288. The van der Waals surface area contributed by atoms with E-state index in [1.165, 1.54) is 18.9 Å². The Kier molecular flexibility index (Phi) is 8.80. The number of methoxy groups -OCH3 is 1. The lowest BCUT2D eigenvalue weighted by Gasteiger charge is -2.30. The SMILES string of the molecule is COc1ccccc1NC(=O)C1=C(C)NC(SCC(=O)c2ccc(Cl)cc2)=C(C#N)C1c1ccccc1Cl. The van der Waals surface area contributed by atoms with Gasteiger partial charge in [0, 0.05) is 26.9 Å². The summed E-state index contributed by atoms with van der Waals surface area (Å²) >= 11 is 13.7. The molecule has 1 aliphatic rings. The van der Waals surface area contributed by atoms with Crippen LogP contribution in [0.1, 0.15) is 28.8 Å². The minimum absolute atomic E-state index is 0.0837. The number of Topliss-reactive ketones (excluding diaryl/α,β-unsaturated/α-hetero) is 1. The Morgan fingerprint density at radius 1 is 1.05 bits per heavy atom. The number of ketones is 1. The highest BCUT2D eigenvalue weighted by Crippen LogP contribution is 2.43. The van der Waals surface area contributed by atoms with E-state index in [0.29, 0.717) is 54.5 Å². The number of nitrogens with zero attached hydrogens (tertiary/aromatic N) is 1. The van der Waals surface area contributed by atoms with E-state index in [9.17, 15) is 14.9 Å². The number of hydrogen-bond acceptors (Lipinski definition) is 6. The van der Waals surface area contributed by atoms with Crippen LogP contribution in [0.5, 0.6) is 5.75 Å². The molecule has 2 N–H and O–H groups in total. The standard InChI is InChI=1S/C29H23Cl2N3O3S/c1-17-26(28(36)34-23-9-5-6-10-25(23)37-2)27(20-7-3-4-8-22(20)31)21(15-32)29(33-17)38-16-24(35)18-11-13-19(30)14-12-18/h3-14,27,33H,16H2,1-2H3,(H,34,36). The highest BCUT2D eigenvalue weighted by molar-refractivity contribution is 8.03. The molecule has 0 fully saturated rings. The molecule has 0 aliphatic carbocycles. The zero-order valence-corrected chi connectivity index (χ0v) is 22.9. The number of amides is 1. The molecule has 1 amide bonds. The van der Waals surface area contributed by atoms with E-state index in [2.05, 4.69) is 16.7 Å². The number of nitrogens with one attached hydrogen (secondary N) is 2. The molecule has 192 valence electrons. The Labute approximate surface area is 235 Å². The van der Waals surface area contributed by atoms with Crippen LogP contribution in [0.25, 0.3) is 0 Å². The van der Waals surface area contributed by atoms with Crippen molar-refractivity contribution in [3.63, 3.8) is 0 Å². The molecular formula is C29H23Cl2N3O3S. The van der Waals surface area contributed by atoms with Crippen molar-refractivity contribution in [3.05, 3.63) is 116 Å². The number of halogens is 2. The van der Waals surface area contributed by atoms with Crippen LogP contribution in [0.2, 0.25) is 10.0 Å². The van der Waals surface area contributed by atoms with Crippen LogP contribution in [0.3, 0.4) is 0 Å². The summed E-state index contributed by atoms with van der Waals surface area (Å²) in [5.74, 6) is -0.684. The summed E-state index contributed by atoms with van der Waals surface area (Å²) in [6.07, 6.45) is 0. The fourth-order valence-corrected chi connectivity index (χ4v) is 5.50. The van der Waals surface area contributed by atoms with Gasteiger partial charge in [0.15, 0.2) is 5.78 Å². The fraction of sp³-hybridized carbons (Fsp3) is 0.138. The van der Waals surface area contributed by atoms with Crippen molar-refractivity contribution in [1.82, 2.24) is 5.32 Å². The number of dihydropyridines is 1. The maximum Gasteiger partial charge on any atom is 0.254 e. The van der Waals surface area contributed by atoms with Crippen molar-refractivity contribution in [2.24, 2.45) is 0 Å². The summed E-state index contributed by atoms with van der Waals surface area (Å²) in [6, 6.07) is 23.1. The second-order valence-corrected chi connectivity index (χ2v) is 10.2. The average Bonchev–Trinajstić information content (AvgIpc) is 2.92. The molecule has 1 unspecified atom stereocenters. The maximum atomic E-state index is 13.7. The second kappa shape index (κ2) is 12.2. The molecule has 1 atom stereocenters. The number of para-hydroxylation sites is 2. The number of carbonyl (C=O) groups is 2. The normalized spacial score (nSPS) is 15.0. The summed E-state index contributed by atoms with van der Waals surface area (Å²) in [4.78, 5) is 26.5. The highest BCUT2D eigenvalue weighted by atomic mass is 35.5. The Bertz CT molecular complexity index is 1490. The lowest BCUT2D eigenvalue weighted by Crippen LogP contribution is -2.31. The van der Waals surface area contributed by atoms with Crippen molar-refractivity contribution >= 4 is 52.3 Å². The van der Waals surface area contributed by atoms with E-state index in [1.807, 2.05) is 0 Å².